The van der Waals surface area contributed by atoms with Crippen molar-refractivity contribution in [3.63, 3.8) is 0 Å². The van der Waals surface area contributed by atoms with Crippen LogP contribution in [-0.2, 0) is 22.4 Å². The van der Waals surface area contributed by atoms with Gasteiger partial charge in [0.15, 0.2) is 5.65 Å². The Kier molecular flexibility index (Phi) is 5.37. The van der Waals surface area contributed by atoms with Gasteiger partial charge in [-0.2, -0.15) is 9.61 Å². The van der Waals surface area contributed by atoms with Crippen molar-refractivity contribution in [2.75, 3.05) is 51.3 Å². The molecule has 30 heavy (non-hydrogen) atoms. The van der Waals surface area contributed by atoms with Gasteiger partial charge in [-0.3, -0.25) is 4.79 Å². The van der Waals surface area contributed by atoms with Gasteiger partial charge in [-0.15, -0.1) is 0 Å². The van der Waals surface area contributed by atoms with Crippen molar-refractivity contribution in [1.82, 2.24) is 25.2 Å². The van der Waals surface area contributed by atoms with E-state index in [4.69, 9.17) is 9.72 Å². The number of rotatable bonds is 6. The first-order valence-corrected chi connectivity index (χ1v) is 11.3. The zero-order valence-corrected chi connectivity index (χ0v) is 17.8. The Morgan fingerprint density at radius 1 is 1.30 bits per heavy atom. The monoisotopic (exact) mass is 412 g/mol. The zero-order chi connectivity index (χ0) is 20.6. The number of nitrogens with zero attached hydrogens (tertiary/aromatic N) is 4. The standard InChI is InChI=1S/C22H32N6O2/c1-30-15-22(7-2-3-8-22)14-24-20(29)16-12-27(13-16)21-17-4-9-23-10-5-18(17)26-19-6-11-25-28(19)21/h6,11,16,23H,2-5,7-10,12-15H2,1H3,(H,24,29). The maximum atomic E-state index is 12.8. The SMILES string of the molecule is COCC1(CNC(=O)C2CN(c3c4c(nc5ccnn35)CCNCC4)C2)CCCC1. The molecule has 3 aliphatic rings. The quantitative estimate of drug-likeness (QED) is 0.741. The molecule has 2 fully saturated rings. The summed E-state index contributed by atoms with van der Waals surface area (Å²) in [6, 6.07) is 1.96. The van der Waals surface area contributed by atoms with Gasteiger partial charge in [0.1, 0.15) is 5.82 Å². The van der Waals surface area contributed by atoms with E-state index in [1.807, 2.05) is 16.8 Å². The Hall–Kier alpha value is -2.19. The van der Waals surface area contributed by atoms with Crippen LogP contribution in [-0.4, -0.2) is 66.9 Å². The molecule has 8 heteroatoms. The second-order valence-corrected chi connectivity index (χ2v) is 9.17. The van der Waals surface area contributed by atoms with Crippen molar-refractivity contribution >= 4 is 17.4 Å². The van der Waals surface area contributed by atoms with Crippen LogP contribution >= 0.6 is 0 Å². The summed E-state index contributed by atoms with van der Waals surface area (Å²) in [4.78, 5) is 20.0. The summed E-state index contributed by atoms with van der Waals surface area (Å²) in [6.45, 7) is 4.85. The Bertz CT molecular complexity index is 914. The average molecular weight is 413 g/mol. The van der Waals surface area contributed by atoms with Gasteiger partial charge in [0, 0.05) is 56.8 Å². The lowest BCUT2D eigenvalue weighted by Gasteiger charge is -2.41. The minimum atomic E-state index is 0.0318. The Morgan fingerprint density at radius 2 is 2.10 bits per heavy atom. The van der Waals surface area contributed by atoms with E-state index in [2.05, 4.69) is 20.6 Å². The van der Waals surface area contributed by atoms with E-state index in [9.17, 15) is 4.79 Å². The number of nitrogens with one attached hydrogen (secondary N) is 2. The lowest BCUT2D eigenvalue weighted by molar-refractivity contribution is -0.126. The Morgan fingerprint density at radius 3 is 2.90 bits per heavy atom. The minimum absolute atomic E-state index is 0.0318. The van der Waals surface area contributed by atoms with Crippen LogP contribution in [0.25, 0.3) is 5.65 Å². The van der Waals surface area contributed by atoms with E-state index in [-0.39, 0.29) is 17.2 Å². The van der Waals surface area contributed by atoms with Crippen molar-refractivity contribution < 1.29 is 9.53 Å². The van der Waals surface area contributed by atoms with E-state index >= 15 is 0 Å². The molecule has 2 aliphatic heterocycles. The molecule has 1 saturated heterocycles. The summed E-state index contributed by atoms with van der Waals surface area (Å²) < 4.78 is 7.40. The second kappa shape index (κ2) is 8.15. The first-order chi connectivity index (χ1) is 14.7. The van der Waals surface area contributed by atoms with Gasteiger partial charge < -0.3 is 20.3 Å². The van der Waals surface area contributed by atoms with E-state index in [0.29, 0.717) is 0 Å². The van der Waals surface area contributed by atoms with Crippen LogP contribution in [0.5, 0.6) is 0 Å². The normalized spacial score (nSPS) is 21.3. The highest BCUT2D eigenvalue weighted by Gasteiger charge is 2.39. The number of hydrogen-bond acceptors (Lipinski definition) is 6. The molecule has 162 valence electrons. The van der Waals surface area contributed by atoms with E-state index in [0.717, 1.165) is 76.5 Å². The molecular formula is C22H32N6O2. The molecule has 0 spiro atoms. The second-order valence-electron chi connectivity index (χ2n) is 9.17. The molecule has 0 bridgehead atoms. The van der Waals surface area contributed by atoms with Crippen LogP contribution in [0, 0.1) is 11.3 Å². The fourth-order valence-electron chi connectivity index (χ4n) is 5.38. The molecule has 0 unspecified atom stereocenters. The van der Waals surface area contributed by atoms with Crippen LogP contribution < -0.4 is 15.5 Å². The molecule has 2 aromatic rings. The molecule has 0 radical (unpaired) electrons. The molecule has 2 aromatic heterocycles. The van der Waals surface area contributed by atoms with Crippen LogP contribution in [0.15, 0.2) is 12.3 Å². The maximum absolute atomic E-state index is 12.8. The third-order valence-corrected chi connectivity index (χ3v) is 7.09. The third kappa shape index (κ3) is 3.56. The number of hydrogen-bond donors (Lipinski definition) is 2. The lowest BCUT2D eigenvalue weighted by atomic mass is 9.86. The number of aromatic nitrogens is 3. The summed E-state index contributed by atoms with van der Waals surface area (Å²) in [7, 11) is 1.76. The van der Waals surface area contributed by atoms with Crippen LogP contribution in [0.3, 0.4) is 0 Å². The van der Waals surface area contributed by atoms with E-state index in [1.165, 1.54) is 24.1 Å². The van der Waals surface area contributed by atoms with Gasteiger partial charge >= 0.3 is 0 Å². The number of fused-ring (bicyclic) bond motifs is 2. The average Bonchev–Trinajstić information content (AvgIpc) is 3.30. The molecular weight excluding hydrogens is 380 g/mol. The summed E-state index contributed by atoms with van der Waals surface area (Å²) in [6.07, 6.45) is 8.45. The van der Waals surface area contributed by atoms with Crippen LogP contribution in [0.1, 0.15) is 36.9 Å². The zero-order valence-electron chi connectivity index (χ0n) is 17.8. The summed E-state index contributed by atoms with van der Waals surface area (Å²) in [5.74, 6) is 1.33. The fourth-order valence-corrected chi connectivity index (χ4v) is 5.38. The third-order valence-electron chi connectivity index (χ3n) is 7.09. The topological polar surface area (TPSA) is 83.8 Å². The summed E-state index contributed by atoms with van der Waals surface area (Å²) >= 11 is 0. The Balaban J connectivity index is 1.28. The number of anilines is 1. The van der Waals surface area contributed by atoms with Gasteiger partial charge in [0.2, 0.25) is 5.91 Å². The minimum Gasteiger partial charge on any atom is -0.384 e. The molecule has 5 rings (SSSR count). The molecule has 1 saturated carbocycles. The predicted octanol–water partition coefficient (Wildman–Crippen LogP) is 1.18. The summed E-state index contributed by atoms with van der Waals surface area (Å²) in [5, 5.41) is 11.2. The van der Waals surface area contributed by atoms with Gasteiger partial charge in [0.25, 0.3) is 0 Å². The number of ether oxygens (including phenoxy) is 1. The molecule has 0 aromatic carbocycles. The van der Waals surface area contributed by atoms with Crippen molar-refractivity contribution in [3.8, 4) is 0 Å². The first-order valence-electron chi connectivity index (χ1n) is 11.3. The van der Waals surface area contributed by atoms with E-state index < -0.39 is 0 Å². The van der Waals surface area contributed by atoms with Crippen molar-refractivity contribution in [2.45, 2.75) is 38.5 Å². The largest absolute Gasteiger partial charge is 0.384 e. The molecule has 1 aliphatic carbocycles. The number of methoxy groups -OCH3 is 1. The highest BCUT2D eigenvalue weighted by Crippen LogP contribution is 2.38. The first kappa shape index (κ1) is 19.8. The highest BCUT2D eigenvalue weighted by molar-refractivity contribution is 5.82. The number of carbonyl (C=O) groups excluding carboxylic acids is 1. The molecule has 4 heterocycles. The van der Waals surface area contributed by atoms with Gasteiger partial charge in [-0.05, 0) is 25.8 Å². The maximum Gasteiger partial charge on any atom is 0.226 e. The van der Waals surface area contributed by atoms with Gasteiger partial charge in [-0.1, -0.05) is 12.8 Å². The lowest BCUT2D eigenvalue weighted by Crippen LogP contribution is -2.55. The smallest absolute Gasteiger partial charge is 0.226 e. The summed E-state index contributed by atoms with van der Waals surface area (Å²) in [5.41, 5.74) is 3.46. The number of amides is 1. The van der Waals surface area contributed by atoms with Crippen molar-refractivity contribution in [3.05, 3.63) is 23.5 Å². The predicted molar refractivity (Wildman–Crippen MR) is 115 cm³/mol. The molecule has 1 amide bonds. The molecule has 8 nitrogen and oxygen atoms in total. The van der Waals surface area contributed by atoms with Crippen molar-refractivity contribution in [1.29, 1.82) is 0 Å². The van der Waals surface area contributed by atoms with Gasteiger partial charge in [0.05, 0.1) is 24.4 Å². The highest BCUT2D eigenvalue weighted by atomic mass is 16.5. The molecule has 2 N–H and O–H groups in total. The number of carbonyl (C=O) groups is 1. The molecule has 0 atom stereocenters. The Labute approximate surface area is 177 Å². The van der Waals surface area contributed by atoms with Gasteiger partial charge in [-0.25, -0.2) is 4.98 Å². The van der Waals surface area contributed by atoms with Crippen molar-refractivity contribution in [2.24, 2.45) is 11.3 Å². The van der Waals surface area contributed by atoms with E-state index in [1.54, 1.807) is 7.11 Å². The van der Waals surface area contributed by atoms with Crippen LogP contribution in [0.2, 0.25) is 0 Å². The fraction of sp³-hybridized carbons (Fsp3) is 0.682. The van der Waals surface area contributed by atoms with Crippen LogP contribution in [0.4, 0.5) is 5.82 Å².